The van der Waals surface area contributed by atoms with E-state index in [0.717, 1.165) is 19.3 Å². The van der Waals surface area contributed by atoms with E-state index >= 15 is 0 Å². The minimum Gasteiger partial charge on any atom is -0.466 e. The van der Waals surface area contributed by atoms with Gasteiger partial charge in [0, 0.05) is 12.4 Å². The first-order valence-electron chi connectivity index (χ1n) is 7.52. The smallest absolute Gasteiger partial charge is 0.315 e. The second-order valence-corrected chi connectivity index (χ2v) is 5.08. The maximum Gasteiger partial charge on any atom is 0.315 e. The third-order valence-corrected chi connectivity index (χ3v) is 3.21. The van der Waals surface area contributed by atoms with E-state index in [1.807, 2.05) is 30.3 Å². The van der Waals surface area contributed by atoms with Crippen LogP contribution < -0.4 is 10.4 Å². The lowest BCUT2D eigenvalue weighted by Gasteiger charge is -2.23. The van der Waals surface area contributed by atoms with Crippen molar-refractivity contribution in [1.82, 2.24) is 5.43 Å². The molecule has 0 aromatic heterocycles. The first kappa shape index (κ1) is 18.5. The first-order valence-corrected chi connectivity index (χ1v) is 8.05. The number of hydrazine groups is 1. The van der Waals surface area contributed by atoms with Crippen LogP contribution in [0.1, 0.15) is 32.6 Å². The second-order valence-electron chi connectivity index (χ2n) is 4.70. The summed E-state index contributed by atoms with van der Waals surface area (Å²) in [5.74, 6) is -0.205. The number of para-hydroxylation sites is 1. The highest BCUT2D eigenvalue weighted by Gasteiger charge is 2.19. The third-order valence-electron chi connectivity index (χ3n) is 2.95. The molecule has 0 heterocycles. The molecule has 0 fully saturated rings. The molecule has 0 saturated heterocycles. The zero-order valence-corrected chi connectivity index (χ0v) is 13.6. The minimum absolute atomic E-state index is 0.267. The number of nitrogens with zero attached hydrogens (tertiary/aromatic N) is 1. The fourth-order valence-electron chi connectivity index (χ4n) is 1.90. The number of carbonyl (C=O) groups is 2. The number of benzene rings is 1. The predicted octanol–water partition coefficient (Wildman–Crippen LogP) is 2.89. The fraction of sp³-hybridized carbons (Fsp3) is 0.500. The number of unbranched alkanes of at least 4 members (excludes halogenated alkanes) is 2. The Balaban J connectivity index is 2.62. The Kier molecular flexibility index (Phi) is 9.26. The van der Waals surface area contributed by atoms with E-state index < -0.39 is 5.97 Å². The van der Waals surface area contributed by atoms with Gasteiger partial charge < -0.3 is 4.74 Å². The van der Waals surface area contributed by atoms with Gasteiger partial charge in [-0.15, -0.1) is 11.6 Å². The number of esters is 1. The van der Waals surface area contributed by atoms with Gasteiger partial charge in [-0.1, -0.05) is 24.6 Å². The fourth-order valence-corrected chi connectivity index (χ4v) is 2.09. The summed E-state index contributed by atoms with van der Waals surface area (Å²) < 4.78 is 4.83. The third kappa shape index (κ3) is 6.91. The van der Waals surface area contributed by atoms with E-state index in [4.69, 9.17) is 16.3 Å². The van der Waals surface area contributed by atoms with E-state index in [-0.39, 0.29) is 18.9 Å². The van der Waals surface area contributed by atoms with Crippen LogP contribution in [0.15, 0.2) is 30.3 Å². The van der Waals surface area contributed by atoms with Gasteiger partial charge in [-0.2, -0.15) is 0 Å². The molecule has 1 aromatic rings. The molecular formula is C16H23ClN2O3. The molecule has 0 saturated carbocycles. The standard InChI is InChI=1S/C16H23ClN2O3/c1-2-22-16(21)13-15(20)19(14-9-5-3-6-10-14)18-12-8-4-7-11-17/h3,5-6,9-10,18H,2,4,7-8,11-13H2,1H3. The number of alkyl halides is 1. The van der Waals surface area contributed by atoms with Crippen molar-refractivity contribution in [2.75, 3.05) is 24.0 Å². The molecule has 5 nitrogen and oxygen atoms in total. The van der Waals surface area contributed by atoms with E-state index in [1.165, 1.54) is 5.01 Å². The van der Waals surface area contributed by atoms with Gasteiger partial charge in [0.2, 0.25) is 0 Å². The number of halogens is 1. The number of amides is 1. The Morgan fingerprint density at radius 1 is 1.18 bits per heavy atom. The topological polar surface area (TPSA) is 58.6 Å². The van der Waals surface area contributed by atoms with Crippen LogP contribution in [0.25, 0.3) is 0 Å². The summed E-state index contributed by atoms with van der Waals surface area (Å²) in [5.41, 5.74) is 3.78. The molecule has 122 valence electrons. The van der Waals surface area contributed by atoms with Crippen molar-refractivity contribution >= 4 is 29.2 Å². The number of hydrogen-bond donors (Lipinski definition) is 1. The van der Waals surface area contributed by atoms with Gasteiger partial charge in [-0.3, -0.25) is 9.59 Å². The molecule has 6 heteroatoms. The van der Waals surface area contributed by atoms with E-state index in [9.17, 15) is 9.59 Å². The van der Waals surface area contributed by atoms with Crippen LogP contribution >= 0.6 is 11.6 Å². The van der Waals surface area contributed by atoms with Crippen molar-refractivity contribution in [3.63, 3.8) is 0 Å². The molecule has 0 atom stereocenters. The average Bonchev–Trinajstić information content (AvgIpc) is 2.51. The summed E-state index contributed by atoms with van der Waals surface area (Å²) in [6, 6.07) is 9.19. The van der Waals surface area contributed by atoms with E-state index in [1.54, 1.807) is 6.92 Å². The first-order chi connectivity index (χ1) is 10.7. The minimum atomic E-state index is -0.516. The van der Waals surface area contributed by atoms with Gasteiger partial charge in [0.05, 0.1) is 12.3 Å². The Morgan fingerprint density at radius 3 is 2.55 bits per heavy atom. The lowest BCUT2D eigenvalue weighted by atomic mass is 10.2. The molecular weight excluding hydrogens is 304 g/mol. The van der Waals surface area contributed by atoms with Crippen LogP contribution in [-0.4, -0.2) is 30.9 Å². The van der Waals surface area contributed by atoms with E-state index in [2.05, 4.69) is 5.43 Å². The maximum atomic E-state index is 12.3. The summed E-state index contributed by atoms with van der Waals surface area (Å²) in [6.07, 6.45) is 2.57. The highest BCUT2D eigenvalue weighted by atomic mass is 35.5. The van der Waals surface area contributed by atoms with Gasteiger partial charge in [0.25, 0.3) is 5.91 Å². The van der Waals surface area contributed by atoms with Crippen molar-refractivity contribution < 1.29 is 14.3 Å². The van der Waals surface area contributed by atoms with Crippen LogP contribution in [0.3, 0.4) is 0 Å². The molecule has 0 aliphatic rings. The molecule has 1 amide bonds. The van der Waals surface area contributed by atoms with Crippen molar-refractivity contribution in [2.24, 2.45) is 0 Å². The van der Waals surface area contributed by atoms with Gasteiger partial charge in [-0.25, -0.2) is 10.4 Å². The SMILES string of the molecule is CCOC(=O)CC(=O)N(NCCCCCCl)c1ccccc1. The van der Waals surface area contributed by atoms with Crippen LogP contribution in [-0.2, 0) is 14.3 Å². The number of rotatable bonds is 10. The molecule has 0 aliphatic heterocycles. The van der Waals surface area contributed by atoms with Crippen LogP contribution in [0, 0.1) is 0 Å². The van der Waals surface area contributed by atoms with Crippen LogP contribution in [0.4, 0.5) is 5.69 Å². The number of nitrogens with one attached hydrogen (secondary N) is 1. The van der Waals surface area contributed by atoms with Crippen molar-refractivity contribution in [2.45, 2.75) is 32.6 Å². The Morgan fingerprint density at radius 2 is 1.91 bits per heavy atom. The number of ether oxygens (including phenoxy) is 1. The largest absolute Gasteiger partial charge is 0.466 e. The van der Waals surface area contributed by atoms with Crippen molar-refractivity contribution in [3.05, 3.63) is 30.3 Å². The lowest BCUT2D eigenvalue weighted by Crippen LogP contribution is -2.44. The summed E-state index contributed by atoms with van der Waals surface area (Å²) in [6.45, 7) is 2.62. The maximum absolute atomic E-state index is 12.3. The Bertz CT molecular complexity index is 454. The predicted molar refractivity (Wildman–Crippen MR) is 87.8 cm³/mol. The van der Waals surface area contributed by atoms with Crippen molar-refractivity contribution in [3.8, 4) is 0 Å². The highest BCUT2D eigenvalue weighted by molar-refractivity contribution is 6.17. The monoisotopic (exact) mass is 326 g/mol. The van der Waals surface area contributed by atoms with Gasteiger partial charge in [-0.05, 0) is 31.9 Å². The lowest BCUT2D eigenvalue weighted by molar-refractivity contribution is -0.145. The molecule has 1 aromatic carbocycles. The quantitative estimate of drug-likeness (QED) is 0.236. The van der Waals surface area contributed by atoms with Gasteiger partial charge in [0.15, 0.2) is 0 Å². The zero-order chi connectivity index (χ0) is 16.2. The van der Waals surface area contributed by atoms with Crippen molar-refractivity contribution in [1.29, 1.82) is 0 Å². The average molecular weight is 327 g/mol. The van der Waals surface area contributed by atoms with Crippen LogP contribution in [0.2, 0.25) is 0 Å². The van der Waals surface area contributed by atoms with Gasteiger partial charge in [0.1, 0.15) is 6.42 Å². The number of hydrogen-bond acceptors (Lipinski definition) is 4. The number of carbonyl (C=O) groups excluding carboxylic acids is 2. The second kappa shape index (κ2) is 11.0. The van der Waals surface area contributed by atoms with E-state index in [0.29, 0.717) is 18.1 Å². The molecule has 1 rings (SSSR count). The Labute approximate surface area is 136 Å². The summed E-state index contributed by atoms with van der Waals surface area (Å²) in [4.78, 5) is 23.8. The normalized spacial score (nSPS) is 10.3. The number of anilines is 1. The molecule has 22 heavy (non-hydrogen) atoms. The summed E-state index contributed by atoms with van der Waals surface area (Å²) in [7, 11) is 0. The van der Waals surface area contributed by atoms with Crippen LogP contribution in [0.5, 0.6) is 0 Å². The molecule has 1 N–H and O–H groups in total. The highest BCUT2D eigenvalue weighted by Crippen LogP contribution is 2.12. The molecule has 0 aliphatic carbocycles. The zero-order valence-electron chi connectivity index (χ0n) is 12.9. The summed E-state index contributed by atoms with van der Waals surface area (Å²) in [5, 5.41) is 1.41. The summed E-state index contributed by atoms with van der Waals surface area (Å²) >= 11 is 5.64. The molecule has 0 bridgehead atoms. The van der Waals surface area contributed by atoms with Gasteiger partial charge >= 0.3 is 5.97 Å². The Hall–Kier alpha value is -1.59. The molecule has 0 spiro atoms. The molecule has 0 unspecified atom stereocenters. The molecule has 0 radical (unpaired) electrons.